The number of carbonyl (C=O) groups excluding carboxylic acids is 1. The molecule has 3 aromatic carbocycles. The summed E-state index contributed by atoms with van der Waals surface area (Å²) in [6.45, 7) is 2.41. The molecule has 7 heteroatoms. The van der Waals surface area contributed by atoms with Crippen molar-refractivity contribution in [1.29, 1.82) is 0 Å². The molecular formula is C23H20N4O3. The van der Waals surface area contributed by atoms with Crippen LogP contribution in [0.1, 0.15) is 17.3 Å². The summed E-state index contributed by atoms with van der Waals surface area (Å²) in [7, 11) is 0. The summed E-state index contributed by atoms with van der Waals surface area (Å²) in [6.07, 6.45) is 0. The highest BCUT2D eigenvalue weighted by atomic mass is 16.3. The Morgan fingerprint density at radius 2 is 1.50 bits per heavy atom. The Bertz CT molecular complexity index is 1200. The first-order chi connectivity index (χ1) is 14.6. The number of phenolic OH excluding ortho intramolecular Hbond substituents is 2. The Balaban J connectivity index is 1.85. The highest BCUT2D eigenvalue weighted by Gasteiger charge is 2.19. The Kier molecular flexibility index (Phi) is 5.17. The van der Waals surface area contributed by atoms with E-state index in [4.69, 9.17) is 0 Å². The molecule has 1 aromatic heterocycles. The van der Waals surface area contributed by atoms with Crippen LogP contribution in [-0.4, -0.2) is 37.4 Å². The topological polar surface area (TPSA) is 100 Å². The molecule has 0 aliphatic rings. The second-order valence-corrected chi connectivity index (χ2v) is 6.61. The zero-order valence-corrected chi connectivity index (χ0v) is 16.3. The van der Waals surface area contributed by atoms with Crippen LogP contribution in [0.15, 0.2) is 72.8 Å². The molecule has 0 radical (unpaired) electrons. The van der Waals surface area contributed by atoms with Gasteiger partial charge in [0.15, 0.2) is 11.6 Å². The number of nitrogens with one attached hydrogen (secondary N) is 1. The van der Waals surface area contributed by atoms with Gasteiger partial charge in [-0.2, -0.15) is 0 Å². The van der Waals surface area contributed by atoms with Gasteiger partial charge < -0.3 is 15.5 Å². The molecule has 0 saturated carbocycles. The van der Waals surface area contributed by atoms with E-state index in [1.165, 1.54) is 0 Å². The smallest absolute Gasteiger partial charge is 0.251 e. The van der Waals surface area contributed by atoms with Crippen molar-refractivity contribution in [3.8, 4) is 40.0 Å². The number of para-hydroxylation sites is 2. The number of hydrogen-bond acceptors (Lipinski definition) is 5. The number of amides is 1. The van der Waals surface area contributed by atoms with Crippen LogP contribution in [0.3, 0.4) is 0 Å². The zero-order chi connectivity index (χ0) is 21.1. The molecule has 0 unspecified atom stereocenters. The molecule has 3 N–H and O–H groups in total. The Hall–Kier alpha value is -4.13. The van der Waals surface area contributed by atoms with E-state index in [0.29, 0.717) is 40.6 Å². The van der Waals surface area contributed by atoms with Crippen LogP contribution in [0.25, 0.3) is 28.5 Å². The van der Waals surface area contributed by atoms with E-state index in [9.17, 15) is 15.0 Å². The van der Waals surface area contributed by atoms with Crippen molar-refractivity contribution in [2.45, 2.75) is 6.92 Å². The number of nitrogens with zero attached hydrogens (tertiary/aromatic N) is 3. The van der Waals surface area contributed by atoms with E-state index in [1.807, 2.05) is 6.92 Å². The average Bonchev–Trinajstić information content (AvgIpc) is 3.19. The molecule has 0 aliphatic carbocycles. The average molecular weight is 400 g/mol. The van der Waals surface area contributed by atoms with Crippen LogP contribution in [0.2, 0.25) is 0 Å². The normalized spacial score (nSPS) is 10.7. The minimum absolute atomic E-state index is 0.0602. The van der Waals surface area contributed by atoms with Crippen molar-refractivity contribution in [3.63, 3.8) is 0 Å². The predicted molar refractivity (Wildman–Crippen MR) is 114 cm³/mol. The molecule has 1 heterocycles. The molecule has 0 bridgehead atoms. The lowest BCUT2D eigenvalue weighted by molar-refractivity contribution is 0.0956. The molecule has 0 fully saturated rings. The number of aromatic nitrogens is 3. The van der Waals surface area contributed by atoms with Crippen LogP contribution in [0.4, 0.5) is 0 Å². The van der Waals surface area contributed by atoms with Gasteiger partial charge in [0.25, 0.3) is 5.91 Å². The van der Waals surface area contributed by atoms with Crippen molar-refractivity contribution in [1.82, 2.24) is 20.1 Å². The Morgan fingerprint density at radius 3 is 2.10 bits per heavy atom. The third-order valence-electron chi connectivity index (χ3n) is 4.61. The van der Waals surface area contributed by atoms with Gasteiger partial charge >= 0.3 is 0 Å². The van der Waals surface area contributed by atoms with Crippen molar-refractivity contribution >= 4 is 5.91 Å². The molecule has 4 aromatic rings. The van der Waals surface area contributed by atoms with Crippen LogP contribution in [-0.2, 0) is 0 Å². The molecule has 0 atom stereocenters. The summed E-state index contributed by atoms with van der Waals surface area (Å²) in [5.74, 6) is 0.703. The van der Waals surface area contributed by atoms with Gasteiger partial charge in [-0.3, -0.25) is 4.79 Å². The lowest BCUT2D eigenvalue weighted by Crippen LogP contribution is -2.22. The first kappa shape index (κ1) is 19.2. The summed E-state index contributed by atoms with van der Waals surface area (Å²) in [5, 5.41) is 27.9. The van der Waals surface area contributed by atoms with Gasteiger partial charge in [-0.15, -0.1) is 5.10 Å². The molecule has 4 rings (SSSR count). The predicted octanol–water partition coefficient (Wildman–Crippen LogP) is 3.76. The fraction of sp³-hybridized carbons (Fsp3) is 0.0870. The third-order valence-corrected chi connectivity index (χ3v) is 4.61. The van der Waals surface area contributed by atoms with Crippen LogP contribution in [0.5, 0.6) is 11.5 Å². The third kappa shape index (κ3) is 3.60. The number of hydrogen-bond donors (Lipinski definition) is 3. The van der Waals surface area contributed by atoms with Crippen LogP contribution in [0, 0.1) is 0 Å². The Labute approximate surface area is 173 Å². The maximum atomic E-state index is 12.0. The van der Waals surface area contributed by atoms with E-state index in [2.05, 4.69) is 15.4 Å². The van der Waals surface area contributed by atoms with Crippen molar-refractivity contribution in [2.75, 3.05) is 6.54 Å². The van der Waals surface area contributed by atoms with Crippen molar-refractivity contribution in [3.05, 3.63) is 78.4 Å². The summed E-state index contributed by atoms with van der Waals surface area (Å²) in [5.41, 5.74) is 2.17. The van der Waals surface area contributed by atoms with E-state index >= 15 is 0 Å². The van der Waals surface area contributed by atoms with Gasteiger partial charge in [-0.25, -0.2) is 9.67 Å². The minimum Gasteiger partial charge on any atom is -0.507 e. The van der Waals surface area contributed by atoms with E-state index < -0.39 is 0 Å². The van der Waals surface area contributed by atoms with E-state index in [1.54, 1.807) is 77.5 Å². The Morgan fingerprint density at radius 1 is 0.900 bits per heavy atom. The maximum absolute atomic E-state index is 12.0. The maximum Gasteiger partial charge on any atom is 0.251 e. The van der Waals surface area contributed by atoms with Crippen LogP contribution < -0.4 is 5.32 Å². The van der Waals surface area contributed by atoms with E-state index in [-0.39, 0.29) is 17.4 Å². The molecular weight excluding hydrogens is 380 g/mol. The zero-order valence-electron chi connectivity index (χ0n) is 16.3. The lowest BCUT2D eigenvalue weighted by atomic mass is 10.1. The van der Waals surface area contributed by atoms with Crippen molar-refractivity contribution < 1.29 is 15.0 Å². The second-order valence-electron chi connectivity index (χ2n) is 6.61. The number of rotatable bonds is 5. The lowest BCUT2D eigenvalue weighted by Gasteiger charge is -2.08. The highest BCUT2D eigenvalue weighted by Crippen LogP contribution is 2.33. The first-order valence-corrected chi connectivity index (χ1v) is 9.51. The van der Waals surface area contributed by atoms with Crippen molar-refractivity contribution in [2.24, 2.45) is 0 Å². The number of aromatic hydroxyl groups is 2. The molecule has 0 spiro atoms. The second kappa shape index (κ2) is 8.08. The van der Waals surface area contributed by atoms with Gasteiger partial charge in [0.2, 0.25) is 0 Å². The SMILES string of the molecule is CCNC(=O)c1ccc(-n2nc(-c3ccccc3O)nc2-c2ccccc2O)cc1. The van der Waals surface area contributed by atoms with Crippen LogP contribution >= 0.6 is 0 Å². The van der Waals surface area contributed by atoms with Gasteiger partial charge in [0.05, 0.1) is 16.8 Å². The molecule has 7 nitrogen and oxygen atoms in total. The number of carbonyl (C=O) groups is 1. The van der Waals surface area contributed by atoms with Gasteiger partial charge in [0, 0.05) is 12.1 Å². The molecule has 1 amide bonds. The molecule has 150 valence electrons. The largest absolute Gasteiger partial charge is 0.507 e. The summed E-state index contributed by atoms with van der Waals surface area (Å²) in [6, 6.07) is 20.6. The molecule has 0 saturated heterocycles. The van der Waals surface area contributed by atoms with Gasteiger partial charge in [-0.05, 0) is 55.5 Å². The van der Waals surface area contributed by atoms with Gasteiger partial charge in [0.1, 0.15) is 11.5 Å². The quantitative estimate of drug-likeness (QED) is 0.474. The fourth-order valence-corrected chi connectivity index (χ4v) is 3.12. The summed E-state index contributed by atoms with van der Waals surface area (Å²) >= 11 is 0. The first-order valence-electron chi connectivity index (χ1n) is 9.51. The highest BCUT2D eigenvalue weighted by molar-refractivity contribution is 5.94. The summed E-state index contributed by atoms with van der Waals surface area (Å²) < 4.78 is 1.58. The monoisotopic (exact) mass is 400 g/mol. The standard InChI is InChI=1S/C23H20N4O3/c1-2-24-23(30)15-11-13-16(14-12-15)27-22(18-8-4-6-10-20(18)29)25-21(26-27)17-7-3-5-9-19(17)28/h3-14,28-29H,2H2,1H3,(H,24,30). The van der Waals surface area contributed by atoms with Gasteiger partial charge in [-0.1, -0.05) is 24.3 Å². The number of benzene rings is 3. The number of phenols is 2. The molecule has 0 aliphatic heterocycles. The summed E-state index contributed by atoms with van der Waals surface area (Å²) in [4.78, 5) is 16.6. The van der Waals surface area contributed by atoms with E-state index in [0.717, 1.165) is 0 Å². The fourth-order valence-electron chi connectivity index (χ4n) is 3.12. The minimum atomic E-state index is -0.154. The molecule has 30 heavy (non-hydrogen) atoms.